The number of carboxylic acids is 4. The summed E-state index contributed by atoms with van der Waals surface area (Å²) in [7, 11) is 0. The molecule has 0 unspecified atom stereocenters. The van der Waals surface area contributed by atoms with E-state index >= 15 is 0 Å². The Morgan fingerprint density at radius 3 is 0.949 bits per heavy atom. The number of hydrogen-bond donors (Lipinski definition) is 16. The Bertz CT molecular complexity index is 9240. The number of halogens is 4. The van der Waals surface area contributed by atoms with E-state index in [0.717, 1.165) is 16.6 Å². The molecule has 0 saturated carbocycles. The Morgan fingerprint density at radius 1 is 0.338 bits per heavy atom. The standard InChI is InChI=1S/3C24H16FN5O4.C24H15FN4O5/c25-14-9-17-19(21-12(14)5-7-34-21)18(13-2-1-6-27-22(13)31)20(23(32)33)30(17)10-11-3-4-15-16(8-11)29-24(26)28-15;2*25-15-9-17-19(21-12(15)5-7-34-21)18(13-2-1-6-27-23(13)31)20(24(32)33)30(17)10-11-3-4-16-14(8-11)22(26)29-28-16;25-14-9-17-19(21-12(14)5-7-34-21)18(13-2-1-6-26-22(13)30)20(23(31)32)29(17)10-11-3-4-15-16(8-11)28-24(33)27-15/h3*1-9H,10H2,(H,27,31)(H,32,33)(H3,26,28,29);1-9H,10H2,(H,26,30)(H,31,32)(H2,27,28,33). The van der Waals surface area contributed by atoms with Crippen molar-refractivity contribution in [2.75, 3.05) is 17.2 Å². The summed E-state index contributed by atoms with van der Waals surface area (Å²) in [5, 5.41) is 58.1. The first-order valence-electron chi connectivity index (χ1n) is 41.1. The molecule has 0 bridgehead atoms. The second-order valence-corrected chi connectivity index (χ2v) is 31.7. The van der Waals surface area contributed by atoms with Crippen molar-refractivity contribution >= 4 is 173 Å². The SMILES string of the molecule is Nc1n[nH]c2ccc(Cn3c(C(=O)O)c(-c4ccc[nH]c4=O)c4c5occc5c(F)cc43)cc12.Nc1n[nH]c2ccc(Cn3c(C(=O)O)c(-c4ccc[nH]c4=O)c4c5occc5c(F)cc43)cc12.Nc1nc2ccc(Cn3c(C(=O)O)c(-c4ccc[nH]c4=O)c4c5occc5c(F)cc43)cc2[nH]1.O=C(O)c1c(-c2ccc[nH]c2=O)c2c3occc3c(F)cc2n1Cc1ccc2[nH]c(=O)[nH]c2c1. The molecule has 0 saturated heterocycles. The van der Waals surface area contributed by atoms with Gasteiger partial charge in [0.25, 0.3) is 22.2 Å². The Hall–Kier alpha value is -19.4. The molecule has 8 aromatic carbocycles. The maximum atomic E-state index is 15.0. The van der Waals surface area contributed by atoms with Crippen LogP contribution in [0.4, 0.5) is 35.1 Å². The van der Waals surface area contributed by atoms with Gasteiger partial charge in [0, 0.05) is 84.0 Å². The molecule has 0 radical (unpaired) electrons. The Morgan fingerprint density at radius 2 is 0.632 bits per heavy atom. The van der Waals surface area contributed by atoms with Gasteiger partial charge in [-0.15, -0.1) is 0 Å². The molecule has 16 aromatic heterocycles. The molecule has 40 heteroatoms. The van der Waals surface area contributed by atoms with E-state index in [1.165, 1.54) is 141 Å². The minimum atomic E-state index is -1.29. The molecule has 0 atom stereocenters. The average Bonchev–Trinajstić information content (AvgIpc) is 1.58. The molecule has 0 aliphatic carbocycles. The van der Waals surface area contributed by atoms with Gasteiger partial charge in [0.1, 0.15) is 68.4 Å². The predicted molar refractivity (Wildman–Crippen MR) is 496 cm³/mol. The Kier molecular flexibility index (Phi) is 19.8. The Balaban J connectivity index is 0.000000108. The van der Waals surface area contributed by atoms with Crippen LogP contribution in [0, 0.1) is 23.3 Å². The van der Waals surface area contributed by atoms with E-state index in [0.29, 0.717) is 88.2 Å². The van der Waals surface area contributed by atoms with Crippen LogP contribution in [0.25, 0.3) is 176 Å². The number of nitrogens with one attached hydrogen (secondary N) is 9. The van der Waals surface area contributed by atoms with E-state index < -0.39 is 69.4 Å². The summed E-state index contributed by atoms with van der Waals surface area (Å²) in [6.07, 6.45) is 11.1. The minimum absolute atomic E-state index is 0.0394. The number of nitrogens with two attached hydrogens (primary N) is 3. The molecule has 24 rings (SSSR count). The summed E-state index contributed by atoms with van der Waals surface area (Å²) in [5.74, 6) is -6.45. The summed E-state index contributed by atoms with van der Waals surface area (Å²) in [4.78, 5) is 135. The molecule has 672 valence electrons. The number of imidazole rings is 2. The highest BCUT2D eigenvalue weighted by Gasteiger charge is 2.35. The highest BCUT2D eigenvalue weighted by molar-refractivity contribution is 6.21. The lowest BCUT2D eigenvalue weighted by atomic mass is 10.0. The number of aromatic amines is 9. The predicted octanol–water partition coefficient (Wildman–Crippen LogP) is 16.1. The zero-order valence-electron chi connectivity index (χ0n) is 69.6. The van der Waals surface area contributed by atoms with Gasteiger partial charge in [-0.3, -0.25) is 29.4 Å². The number of anilines is 3. The fraction of sp³-hybridized carbons (Fsp3) is 0.0417. The Labute approximate surface area is 750 Å². The molecule has 0 fully saturated rings. The molecule has 36 nitrogen and oxygen atoms in total. The molecule has 0 amide bonds. The third-order valence-electron chi connectivity index (χ3n) is 23.8. The maximum Gasteiger partial charge on any atom is 0.353 e. The third-order valence-corrected chi connectivity index (χ3v) is 23.8. The maximum absolute atomic E-state index is 15.0. The lowest BCUT2D eigenvalue weighted by molar-refractivity contribution is 0.0676. The number of carbonyl (C=O) groups is 4. The number of H-pyrrole nitrogens is 9. The molecule has 0 aliphatic heterocycles. The van der Waals surface area contributed by atoms with Crippen molar-refractivity contribution in [1.29, 1.82) is 0 Å². The fourth-order valence-corrected chi connectivity index (χ4v) is 18.1. The second-order valence-electron chi connectivity index (χ2n) is 31.7. The molecule has 19 N–H and O–H groups in total. The number of nitrogen functional groups attached to an aromatic ring is 3. The van der Waals surface area contributed by atoms with Gasteiger partial charge >= 0.3 is 29.6 Å². The first-order valence-corrected chi connectivity index (χ1v) is 41.1. The van der Waals surface area contributed by atoms with Crippen molar-refractivity contribution in [3.63, 3.8) is 0 Å². The number of aromatic nitrogens is 16. The first kappa shape index (κ1) is 83.5. The highest BCUT2D eigenvalue weighted by atomic mass is 19.1. The monoisotopic (exact) mass is 1830 g/mol. The molecule has 16 heterocycles. The number of furan rings is 4. The molecular formula is C96H63F4N19O17. The van der Waals surface area contributed by atoms with Crippen LogP contribution in [0.3, 0.4) is 0 Å². The van der Waals surface area contributed by atoms with Crippen molar-refractivity contribution in [2.45, 2.75) is 26.2 Å². The van der Waals surface area contributed by atoms with Crippen molar-refractivity contribution < 1.29 is 74.8 Å². The van der Waals surface area contributed by atoms with Crippen LogP contribution in [0.1, 0.15) is 64.2 Å². The highest BCUT2D eigenvalue weighted by Crippen LogP contribution is 2.46. The van der Waals surface area contributed by atoms with Gasteiger partial charge in [-0.05, 0) is 168 Å². The first-order chi connectivity index (χ1) is 65.7. The normalized spacial score (nSPS) is 11.7. The minimum Gasteiger partial charge on any atom is -0.477 e. The third kappa shape index (κ3) is 13.9. The van der Waals surface area contributed by atoms with E-state index in [9.17, 15) is 81.1 Å². The number of aromatic carboxylic acids is 4. The molecule has 24 aromatic rings. The summed E-state index contributed by atoms with van der Waals surface area (Å²) in [5.41, 5.74) is 24.4. The fourth-order valence-electron chi connectivity index (χ4n) is 18.1. The molecular weight excluding hydrogens is 1770 g/mol. The number of hydrogen-bond acceptors (Lipinski definition) is 19. The van der Waals surface area contributed by atoms with E-state index in [4.69, 9.17) is 34.9 Å². The van der Waals surface area contributed by atoms with Crippen molar-refractivity contribution in [1.82, 2.24) is 78.5 Å². The topological polar surface area (TPSA) is 566 Å². The largest absolute Gasteiger partial charge is 0.477 e. The van der Waals surface area contributed by atoms with Crippen molar-refractivity contribution in [2.24, 2.45) is 0 Å². The summed E-state index contributed by atoms with van der Waals surface area (Å²) < 4.78 is 88.1. The zero-order valence-corrected chi connectivity index (χ0v) is 69.6. The van der Waals surface area contributed by atoms with Gasteiger partial charge in [0.2, 0.25) is 0 Å². The van der Waals surface area contributed by atoms with E-state index in [-0.39, 0.29) is 166 Å². The van der Waals surface area contributed by atoms with Crippen LogP contribution in [-0.4, -0.2) is 123 Å². The lowest BCUT2D eigenvalue weighted by Gasteiger charge is -2.10. The average molecular weight is 1830 g/mol. The molecule has 136 heavy (non-hydrogen) atoms. The zero-order chi connectivity index (χ0) is 94.2. The van der Waals surface area contributed by atoms with Crippen LogP contribution in [0.5, 0.6) is 0 Å². The van der Waals surface area contributed by atoms with E-state index in [2.05, 4.69) is 60.3 Å². The van der Waals surface area contributed by atoms with E-state index in [1.807, 2.05) is 0 Å². The van der Waals surface area contributed by atoms with Crippen LogP contribution in [0.15, 0.2) is 261 Å². The summed E-state index contributed by atoms with van der Waals surface area (Å²) in [6.45, 7) is 0.283. The lowest BCUT2D eigenvalue weighted by Crippen LogP contribution is -2.13. The second kappa shape index (κ2) is 32.3. The van der Waals surface area contributed by atoms with Crippen LogP contribution < -0.4 is 45.1 Å². The van der Waals surface area contributed by atoms with Gasteiger partial charge in [-0.2, -0.15) is 10.2 Å². The van der Waals surface area contributed by atoms with Gasteiger partial charge < -0.3 is 108 Å². The number of fused-ring (bicyclic) bond motifs is 16. The van der Waals surface area contributed by atoms with Crippen LogP contribution in [0.2, 0.25) is 0 Å². The number of nitrogens with zero attached hydrogens (tertiary/aromatic N) is 7. The number of carboxylic acid groups (broad SMARTS) is 4. The number of rotatable bonds is 16. The van der Waals surface area contributed by atoms with Crippen molar-refractivity contribution in [3.05, 3.63) is 340 Å². The van der Waals surface area contributed by atoms with Gasteiger partial charge in [0.15, 0.2) is 17.6 Å². The molecule has 0 aliphatic rings. The van der Waals surface area contributed by atoms with Gasteiger partial charge in [-0.1, -0.05) is 24.3 Å². The van der Waals surface area contributed by atoms with Gasteiger partial charge in [0.05, 0.1) is 146 Å². The summed E-state index contributed by atoms with van der Waals surface area (Å²) in [6, 6.07) is 44.7. The molecule has 0 spiro atoms. The van der Waals surface area contributed by atoms with E-state index in [1.54, 1.807) is 97.1 Å². The van der Waals surface area contributed by atoms with Crippen LogP contribution in [-0.2, 0) is 26.2 Å². The summed E-state index contributed by atoms with van der Waals surface area (Å²) >= 11 is 0. The smallest absolute Gasteiger partial charge is 0.353 e. The number of pyridine rings is 4. The van der Waals surface area contributed by atoms with Crippen LogP contribution >= 0.6 is 0 Å². The van der Waals surface area contributed by atoms with Gasteiger partial charge in [-0.25, -0.2) is 46.5 Å². The van der Waals surface area contributed by atoms with Crippen molar-refractivity contribution in [3.8, 4) is 44.5 Å². The number of benzene rings is 8. The quantitative estimate of drug-likeness (QED) is 0.0400.